The molecule has 2 aliphatic rings. The Labute approximate surface area is 152 Å². The van der Waals surface area contributed by atoms with E-state index in [1.54, 1.807) is 19.2 Å². The fraction of sp³-hybridized carbons (Fsp3) is 0.500. The van der Waals surface area contributed by atoms with Crippen LogP contribution in [-0.4, -0.2) is 40.8 Å². The van der Waals surface area contributed by atoms with Crippen LogP contribution in [0.1, 0.15) is 35.7 Å². The Morgan fingerprint density at radius 1 is 1.38 bits per heavy atom. The predicted molar refractivity (Wildman–Crippen MR) is 95.1 cm³/mol. The molecule has 1 fully saturated rings. The first-order valence-electron chi connectivity index (χ1n) is 9.23. The number of hydrogen-bond acceptors (Lipinski definition) is 3. The van der Waals surface area contributed by atoms with Gasteiger partial charge in [0.05, 0.1) is 31.0 Å². The zero-order valence-corrected chi connectivity index (χ0v) is 15.0. The van der Waals surface area contributed by atoms with Crippen LogP contribution < -0.4 is 0 Å². The van der Waals surface area contributed by atoms with Crippen LogP contribution in [0.2, 0.25) is 0 Å². The summed E-state index contributed by atoms with van der Waals surface area (Å²) in [5.74, 6) is 0.398. The van der Waals surface area contributed by atoms with Gasteiger partial charge in [0.1, 0.15) is 5.82 Å². The molecule has 0 bridgehead atoms. The Balaban J connectivity index is 1.57. The van der Waals surface area contributed by atoms with E-state index in [9.17, 15) is 9.18 Å². The van der Waals surface area contributed by atoms with E-state index in [1.165, 1.54) is 30.5 Å². The second-order valence-electron chi connectivity index (χ2n) is 7.30. The van der Waals surface area contributed by atoms with E-state index in [-0.39, 0.29) is 24.2 Å². The summed E-state index contributed by atoms with van der Waals surface area (Å²) in [6.45, 7) is 2.00. The van der Waals surface area contributed by atoms with Crippen molar-refractivity contribution in [3.8, 4) is 0 Å². The Bertz CT molecular complexity index is 800. The van der Waals surface area contributed by atoms with Gasteiger partial charge < -0.3 is 9.64 Å². The summed E-state index contributed by atoms with van der Waals surface area (Å²) in [4.78, 5) is 14.8. The van der Waals surface area contributed by atoms with Gasteiger partial charge in [-0.25, -0.2) is 4.39 Å². The standard InChI is InChI=1S/C20H24FN3O2/c1-26-13-18-20-16(11-22-24(20)12-14-5-6-14)7-8-23(18)19(25)10-15-3-2-4-17(21)9-15/h2-4,9,11,14,18H,5-8,10,12-13H2,1H3/t18-/m1/s1. The SMILES string of the molecule is COC[C@@H]1c2c(cnn2CC2CC2)CCN1C(=O)Cc1cccc(F)c1. The first-order chi connectivity index (χ1) is 12.7. The molecular formula is C20H24FN3O2. The van der Waals surface area contributed by atoms with Gasteiger partial charge in [-0.05, 0) is 48.4 Å². The van der Waals surface area contributed by atoms with Gasteiger partial charge in [0.15, 0.2) is 0 Å². The maximum atomic E-state index is 13.4. The van der Waals surface area contributed by atoms with Gasteiger partial charge in [-0.1, -0.05) is 12.1 Å². The summed E-state index contributed by atoms with van der Waals surface area (Å²) in [6, 6.07) is 6.12. The minimum atomic E-state index is -0.313. The highest BCUT2D eigenvalue weighted by Crippen LogP contribution is 2.35. The molecule has 1 aliphatic heterocycles. The second kappa shape index (κ2) is 7.19. The highest BCUT2D eigenvalue weighted by atomic mass is 19.1. The monoisotopic (exact) mass is 357 g/mol. The molecule has 5 nitrogen and oxygen atoms in total. The molecule has 4 rings (SSSR count). The van der Waals surface area contributed by atoms with Crippen LogP contribution in [0.5, 0.6) is 0 Å². The van der Waals surface area contributed by atoms with E-state index in [1.807, 2.05) is 11.1 Å². The second-order valence-corrected chi connectivity index (χ2v) is 7.30. The molecule has 0 spiro atoms. The van der Waals surface area contributed by atoms with Gasteiger partial charge in [-0.3, -0.25) is 9.48 Å². The number of ether oxygens (including phenoxy) is 1. The molecule has 0 unspecified atom stereocenters. The third kappa shape index (κ3) is 3.51. The highest BCUT2D eigenvalue weighted by molar-refractivity contribution is 5.79. The summed E-state index contributed by atoms with van der Waals surface area (Å²) >= 11 is 0. The topological polar surface area (TPSA) is 47.4 Å². The van der Waals surface area contributed by atoms with Gasteiger partial charge in [0.25, 0.3) is 0 Å². The fourth-order valence-corrected chi connectivity index (χ4v) is 3.80. The molecule has 1 saturated carbocycles. The summed E-state index contributed by atoms with van der Waals surface area (Å²) < 4.78 is 20.9. The van der Waals surface area contributed by atoms with E-state index in [0.29, 0.717) is 24.6 Å². The summed E-state index contributed by atoms with van der Waals surface area (Å²) in [5, 5.41) is 4.57. The van der Waals surface area contributed by atoms with Crippen molar-refractivity contribution >= 4 is 5.91 Å². The van der Waals surface area contributed by atoms with Crippen molar-refractivity contribution in [3.05, 3.63) is 53.1 Å². The molecule has 1 aromatic heterocycles. The lowest BCUT2D eigenvalue weighted by molar-refractivity contribution is -0.134. The first-order valence-corrected chi connectivity index (χ1v) is 9.23. The van der Waals surface area contributed by atoms with Crippen molar-refractivity contribution in [2.45, 2.75) is 38.3 Å². The number of nitrogens with zero attached hydrogens (tertiary/aromatic N) is 3. The fourth-order valence-electron chi connectivity index (χ4n) is 3.80. The molecule has 2 heterocycles. The number of carbonyl (C=O) groups is 1. The van der Waals surface area contributed by atoms with Gasteiger partial charge in [-0.15, -0.1) is 0 Å². The number of rotatable bonds is 6. The Kier molecular flexibility index (Phi) is 4.76. The molecular weight excluding hydrogens is 333 g/mol. The van der Waals surface area contributed by atoms with Crippen molar-refractivity contribution < 1.29 is 13.9 Å². The molecule has 1 aromatic carbocycles. The highest BCUT2D eigenvalue weighted by Gasteiger charge is 2.35. The largest absolute Gasteiger partial charge is 0.382 e. The Hall–Kier alpha value is -2.21. The number of amides is 1. The van der Waals surface area contributed by atoms with Crippen LogP contribution in [0.15, 0.2) is 30.5 Å². The van der Waals surface area contributed by atoms with Gasteiger partial charge in [0, 0.05) is 20.2 Å². The van der Waals surface area contributed by atoms with E-state index in [0.717, 1.165) is 18.7 Å². The quantitative estimate of drug-likeness (QED) is 0.799. The predicted octanol–water partition coefficient (Wildman–Crippen LogP) is 2.75. The average molecular weight is 357 g/mol. The van der Waals surface area contributed by atoms with Crippen LogP contribution in [0.4, 0.5) is 4.39 Å². The molecule has 138 valence electrons. The molecule has 0 saturated heterocycles. The Morgan fingerprint density at radius 3 is 2.96 bits per heavy atom. The zero-order chi connectivity index (χ0) is 18.1. The number of methoxy groups -OCH3 is 1. The van der Waals surface area contributed by atoms with Gasteiger partial charge in [-0.2, -0.15) is 5.10 Å². The first kappa shape index (κ1) is 17.2. The molecule has 2 aromatic rings. The minimum absolute atomic E-state index is 0.00229. The Morgan fingerprint density at radius 2 is 2.23 bits per heavy atom. The van der Waals surface area contributed by atoms with Crippen LogP contribution in [0.25, 0.3) is 0 Å². The van der Waals surface area contributed by atoms with Crippen LogP contribution >= 0.6 is 0 Å². The molecule has 26 heavy (non-hydrogen) atoms. The van der Waals surface area contributed by atoms with E-state index < -0.39 is 0 Å². The van der Waals surface area contributed by atoms with Crippen molar-refractivity contribution in [1.29, 1.82) is 0 Å². The lowest BCUT2D eigenvalue weighted by Gasteiger charge is -2.36. The molecule has 6 heteroatoms. The number of aromatic nitrogens is 2. The third-order valence-corrected chi connectivity index (χ3v) is 5.29. The molecule has 1 atom stereocenters. The minimum Gasteiger partial charge on any atom is -0.382 e. The number of benzene rings is 1. The van der Waals surface area contributed by atoms with Gasteiger partial charge >= 0.3 is 0 Å². The zero-order valence-electron chi connectivity index (χ0n) is 15.0. The molecule has 1 aliphatic carbocycles. The van der Waals surface area contributed by atoms with Crippen LogP contribution in [-0.2, 0) is 28.9 Å². The number of halogens is 1. The van der Waals surface area contributed by atoms with Crippen molar-refractivity contribution in [1.82, 2.24) is 14.7 Å². The molecule has 0 N–H and O–H groups in total. The van der Waals surface area contributed by atoms with Crippen molar-refractivity contribution in [2.75, 3.05) is 20.3 Å². The molecule has 0 radical (unpaired) electrons. The molecule has 1 amide bonds. The van der Waals surface area contributed by atoms with Crippen LogP contribution in [0, 0.1) is 11.7 Å². The van der Waals surface area contributed by atoms with E-state index in [2.05, 4.69) is 9.78 Å². The summed E-state index contributed by atoms with van der Waals surface area (Å²) in [6.07, 6.45) is 5.45. The summed E-state index contributed by atoms with van der Waals surface area (Å²) in [7, 11) is 1.66. The lowest BCUT2D eigenvalue weighted by Crippen LogP contribution is -2.43. The number of hydrogen-bond donors (Lipinski definition) is 0. The van der Waals surface area contributed by atoms with Gasteiger partial charge in [0.2, 0.25) is 5.91 Å². The number of carbonyl (C=O) groups excluding carboxylic acids is 1. The van der Waals surface area contributed by atoms with E-state index >= 15 is 0 Å². The maximum Gasteiger partial charge on any atom is 0.227 e. The normalized spacial score (nSPS) is 19.5. The number of fused-ring (bicyclic) bond motifs is 1. The van der Waals surface area contributed by atoms with Crippen molar-refractivity contribution in [2.24, 2.45) is 5.92 Å². The van der Waals surface area contributed by atoms with Crippen LogP contribution in [0.3, 0.4) is 0 Å². The van der Waals surface area contributed by atoms with E-state index in [4.69, 9.17) is 4.74 Å². The average Bonchev–Trinajstić information content (AvgIpc) is 3.34. The maximum absolute atomic E-state index is 13.4. The lowest BCUT2D eigenvalue weighted by atomic mass is 9.98. The third-order valence-electron chi connectivity index (χ3n) is 5.29. The van der Waals surface area contributed by atoms with Crippen molar-refractivity contribution in [3.63, 3.8) is 0 Å². The summed E-state index contributed by atoms with van der Waals surface area (Å²) in [5.41, 5.74) is 3.02. The smallest absolute Gasteiger partial charge is 0.227 e.